The molecule has 4 rings (SSSR count). The van der Waals surface area contributed by atoms with E-state index in [1.807, 2.05) is 32.0 Å². The number of benzene rings is 1. The van der Waals surface area contributed by atoms with E-state index in [0.717, 1.165) is 16.8 Å². The van der Waals surface area contributed by atoms with Gasteiger partial charge in [0.15, 0.2) is 11.3 Å². The highest BCUT2D eigenvalue weighted by atomic mass is 35.5. The normalized spacial score (nSPS) is 37.7. The topological polar surface area (TPSA) is 58.5 Å². The first-order chi connectivity index (χ1) is 11.8. The van der Waals surface area contributed by atoms with Crippen LogP contribution in [-0.4, -0.2) is 23.8 Å². The van der Waals surface area contributed by atoms with Gasteiger partial charge in [0.25, 0.3) is 0 Å². The van der Waals surface area contributed by atoms with Crippen molar-refractivity contribution in [1.29, 1.82) is 0 Å². The van der Waals surface area contributed by atoms with Crippen molar-refractivity contribution in [1.82, 2.24) is 0 Å². The molecule has 1 amide bonds. The number of hydrogen-bond acceptors (Lipinski definition) is 3. The number of hydrogen-bond donors (Lipinski definition) is 1. The number of carbonyl (C=O) groups excluding carboxylic acids is 2. The molecule has 5 heteroatoms. The fourth-order valence-corrected chi connectivity index (χ4v) is 5.74. The van der Waals surface area contributed by atoms with E-state index in [1.54, 1.807) is 6.08 Å². The summed E-state index contributed by atoms with van der Waals surface area (Å²) < 4.78 is 0. The van der Waals surface area contributed by atoms with E-state index in [9.17, 15) is 9.59 Å². The average Bonchev–Trinajstić information content (AvgIpc) is 2.90. The summed E-state index contributed by atoms with van der Waals surface area (Å²) in [4.78, 5) is 30.9. The first kappa shape index (κ1) is 16.5. The lowest BCUT2D eigenvalue weighted by Crippen LogP contribution is -2.54. The van der Waals surface area contributed by atoms with Crippen LogP contribution < -0.4 is 5.32 Å². The van der Waals surface area contributed by atoms with E-state index >= 15 is 0 Å². The van der Waals surface area contributed by atoms with Crippen LogP contribution in [0.3, 0.4) is 0 Å². The Morgan fingerprint density at radius 3 is 2.72 bits per heavy atom. The molecule has 1 aliphatic heterocycles. The summed E-state index contributed by atoms with van der Waals surface area (Å²) in [5, 5.41) is 2.69. The summed E-state index contributed by atoms with van der Waals surface area (Å²) in [7, 11) is 0. The standard InChI is InChI=1S/C20H21ClN2O2/c1-5-10-13(21)9-12-17(24)20(10,22-4)11-7-6-8-14-15(11)16(18(25)23-14)19(12,2)3/h5-8,10,12-13,16H,1,4,9H2,2-3H3,(H,23,25). The zero-order chi connectivity index (χ0) is 18.1. The number of halogens is 1. The molecular weight excluding hydrogens is 336 g/mol. The van der Waals surface area contributed by atoms with Crippen LogP contribution in [0.15, 0.2) is 35.8 Å². The Labute approximate surface area is 152 Å². The van der Waals surface area contributed by atoms with Crippen LogP contribution in [0.25, 0.3) is 0 Å². The lowest BCUT2D eigenvalue weighted by molar-refractivity contribution is -0.137. The van der Waals surface area contributed by atoms with E-state index in [1.165, 1.54) is 0 Å². The van der Waals surface area contributed by atoms with Crippen LogP contribution in [-0.2, 0) is 15.1 Å². The molecule has 25 heavy (non-hydrogen) atoms. The number of anilines is 1. The van der Waals surface area contributed by atoms with Crippen molar-refractivity contribution in [2.75, 3.05) is 5.32 Å². The Hall–Kier alpha value is -1.94. The van der Waals surface area contributed by atoms with E-state index < -0.39 is 16.9 Å². The number of ketones is 1. The zero-order valence-corrected chi connectivity index (χ0v) is 15.1. The Balaban J connectivity index is 2.15. The number of carbonyl (C=O) groups is 2. The molecule has 1 fully saturated rings. The monoisotopic (exact) mass is 356 g/mol. The predicted octanol–water partition coefficient (Wildman–Crippen LogP) is 3.66. The number of amides is 1. The van der Waals surface area contributed by atoms with Gasteiger partial charge in [-0.1, -0.05) is 32.1 Å². The summed E-state index contributed by atoms with van der Waals surface area (Å²) in [6, 6.07) is 5.62. The largest absolute Gasteiger partial charge is 0.325 e. The van der Waals surface area contributed by atoms with Crippen molar-refractivity contribution >= 4 is 35.7 Å². The van der Waals surface area contributed by atoms with Gasteiger partial charge in [0, 0.05) is 22.9 Å². The third-order valence-corrected chi connectivity index (χ3v) is 6.95. The average molecular weight is 357 g/mol. The second kappa shape index (κ2) is 5.04. The minimum atomic E-state index is -1.18. The van der Waals surface area contributed by atoms with E-state index in [2.05, 4.69) is 23.6 Å². The van der Waals surface area contributed by atoms with Crippen LogP contribution >= 0.6 is 11.6 Å². The van der Waals surface area contributed by atoms with Crippen molar-refractivity contribution < 1.29 is 9.59 Å². The van der Waals surface area contributed by atoms with E-state index in [4.69, 9.17) is 11.6 Å². The molecule has 4 nitrogen and oxygen atoms in total. The second-order valence-corrected chi connectivity index (χ2v) is 8.43. The first-order valence-corrected chi connectivity index (χ1v) is 8.97. The SMILES string of the molecule is C=CC1C(Cl)CC2C(=O)C1(N=C)c1cccc3c1C(C(=O)N3)C2(C)C. The van der Waals surface area contributed by atoms with Gasteiger partial charge >= 0.3 is 0 Å². The summed E-state index contributed by atoms with van der Waals surface area (Å²) in [5.41, 5.74) is 0.644. The van der Waals surface area contributed by atoms with Gasteiger partial charge in [-0.25, -0.2) is 0 Å². The molecule has 0 radical (unpaired) electrons. The van der Waals surface area contributed by atoms with Crippen molar-refractivity contribution in [3.63, 3.8) is 0 Å². The van der Waals surface area contributed by atoms with Gasteiger partial charge in [0.1, 0.15) is 0 Å². The number of Topliss-reactive ketones (excluding diaryl/α,β-unsaturated/α-hetero) is 1. The molecule has 1 aromatic rings. The van der Waals surface area contributed by atoms with Crippen LogP contribution in [0.2, 0.25) is 0 Å². The lowest BCUT2D eigenvalue weighted by atomic mass is 9.59. The van der Waals surface area contributed by atoms with Crippen molar-refractivity contribution in [2.45, 2.75) is 37.1 Å². The van der Waals surface area contributed by atoms with Gasteiger partial charge in [-0.05, 0) is 35.7 Å². The maximum atomic E-state index is 13.7. The Bertz CT molecular complexity index is 831. The minimum absolute atomic E-state index is 0.00454. The highest BCUT2D eigenvalue weighted by Gasteiger charge is 2.64. The Morgan fingerprint density at radius 1 is 1.36 bits per heavy atom. The number of nitrogens with zero attached hydrogens (tertiary/aromatic N) is 1. The van der Waals surface area contributed by atoms with Gasteiger partial charge in [-0.2, -0.15) is 0 Å². The molecule has 130 valence electrons. The van der Waals surface area contributed by atoms with Gasteiger partial charge < -0.3 is 5.32 Å². The van der Waals surface area contributed by atoms with Gasteiger partial charge in [0.2, 0.25) is 5.91 Å². The Morgan fingerprint density at radius 2 is 2.08 bits per heavy atom. The predicted molar refractivity (Wildman–Crippen MR) is 99.3 cm³/mol. The molecular formula is C20H21ClN2O2. The Kier molecular flexibility index (Phi) is 3.33. The molecule has 1 saturated carbocycles. The maximum absolute atomic E-state index is 13.7. The molecule has 2 bridgehead atoms. The molecule has 0 aromatic heterocycles. The van der Waals surface area contributed by atoms with Crippen LogP contribution in [0.4, 0.5) is 5.69 Å². The molecule has 1 aromatic carbocycles. The number of alkyl halides is 1. The molecule has 0 saturated heterocycles. The summed E-state index contributed by atoms with van der Waals surface area (Å²) in [5.74, 6) is -1.18. The smallest absolute Gasteiger partial charge is 0.232 e. The quantitative estimate of drug-likeness (QED) is 0.499. The van der Waals surface area contributed by atoms with Crippen molar-refractivity contribution in [3.05, 3.63) is 42.0 Å². The molecule has 1 heterocycles. The van der Waals surface area contributed by atoms with Gasteiger partial charge in [-0.15, -0.1) is 18.2 Å². The molecule has 2 aliphatic carbocycles. The lowest BCUT2D eigenvalue weighted by Gasteiger charge is -2.47. The number of fused-ring (bicyclic) bond motifs is 3. The van der Waals surface area contributed by atoms with Gasteiger partial charge in [-0.3, -0.25) is 14.6 Å². The maximum Gasteiger partial charge on any atom is 0.232 e. The van der Waals surface area contributed by atoms with Crippen LogP contribution in [0.5, 0.6) is 0 Å². The number of nitrogens with one attached hydrogen (secondary N) is 1. The summed E-state index contributed by atoms with van der Waals surface area (Å²) >= 11 is 6.72. The summed E-state index contributed by atoms with van der Waals surface area (Å²) in [6.45, 7) is 11.7. The van der Waals surface area contributed by atoms with Crippen molar-refractivity contribution in [2.24, 2.45) is 22.2 Å². The number of aliphatic imine (C=N–C) groups is 1. The molecule has 5 atom stereocenters. The fourth-order valence-electron chi connectivity index (χ4n) is 5.28. The molecule has 3 aliphatic rings. The zero-order valence-electron chi connectivity index (χ0n) is 14.4. The minimum Gasteiger partial charge on any atom is -0.325 e. The van der Waals surface area contributed by atoms with Crippen molar-refractivity contribution in [3.8, 4) is 0 Å². The van der Waals surface area contributed by atoms with Crippen LogP contribution in [0, 0.1) is 17.3 Å². The molecule has 1 N–H and O–H groups in total. The highest BCUT2D eigenvalue weighted by Crippen LogP contribution is 2.61. The third-order valence-electron chi connectivity index (χ3n) is 6.50. The van der Waals surface area contributed by atoms with E-state index in [-0.39, 0.29) is 28.9 Å². The van der Waals surface area contributed by atoms with Gasteiger partial charge in [0.05, 0.1) is 5.92 Å². The molecule has 5 unspecified atom stereocenters. The second-order valence-electron chi connectivity index (χ2n) is 7.86. The molecule has 0 spiro atoms. The van der Waals surface area contributed by atoms with Crippen LogP contribution in [0.1, 0.15) is 37.3 Å². The number of rotatable bonds is 2. The third kappa shape index (κ3) is 1.76. The summed E-state index contributed by atoms with van der Waals surface area (Å²) in [6.07, 6.45) is 2.23. The first-order valence-electron chi connectivity index (χ1n) is 8.53. The highest BCUT2D eigenvalue weighted by molar-refractivity contribution is 6.22. The fraction of sp³-hybridized carbons (Fsp3) is 0.450. The van der Waals surface area contributed by atoms with E-state index in [0.29, 0.717) is 6.42 Å².